The van der Waals surface area contributed by atoms with Crippen LogP contribution in [0.5, 0.6) is 0 Å². The molecule has 0 atom stereocenters. The highest BCUT2D eigenvalue weighted by Gasteiger charge is 2.00. The molecule has 2 rings (SSSR count). The molecule has 2 N–H and O–H groups in total. The van der Waals surface area contributed by atoms with Gasteiger partial charge in [-0.2, -0.15) is 0 Å². The number of aromatic nitrogens is 2. The summed E-state index contributed by atoms with van der Waals surface area (Å²) >= 11 is 8.75. The van der Waals surface area contributed by atoms with Crippen LogP contribution in [-0.2, 0) is 6.54 Å². The number of nitrogens with zero attached hydrogens (tertiary/aromatic N) is 2. The standard InChI is InChI=1S/C14H17BrN4S/c1-11-9-12(3-4-13(11)15)18-14(20)17-5-2-7-19-8-6-16-10-19/h3-4,6,8-10H,2,5,7H2,1H3,(H2,17,18,20). The van der Waals surface area contributed by atoms with Crippen molar-refractivity contribution in [1.82, 2.24) is 14.9 Å². The maximum absolute atomic E-state index is 5.27. The van der Waals surface area contributed by atoms with Gasteiger partial charge in [0.05, 0.1) is 6.33 Å². The molecule has 0 aliphatic carbocycles. The summed E-state index contributed by atoms with van der Waals surface area (Å²) in [6.07, 6.45) is 6.56. The molecule has 0 radical (unpaired) electrons. The number of thiocarbonyl (C=S) groups is 1. The topological polar surface area (TPSA) is 41.9 Å². The van der Waals surface area contributed by atoms with E-state index in [-0.39, 0.29) is 0 Å². The van der Waals surface area contributed by atoms with Gasteiger partial charge in [0.15, 0.2) is 5.11 Å². The van der Waals surface area contributed by atoms with Gasteiger partial charge in [0.2, 0.25) is 0 Å². The summed E-state index contributed by atoms with van der Waals surface area (Å²) in [6, 6.07) is 6.07. The third-order valence-corrected chi connectivity index (χ3v) is 3.99. The van der Waals surface area contributed by atoms with E-state index >= 15 is 0 Å². The molecule has 0 bridgehead atoms. The van der Waals surface area contributed by atoms with Crippen molar-refractivity contribution in [3.63, 3.8) is 0 Å². The van der Waals surface area contributed by atoms with Crippen LogP contribution in [-0.4, -0.2) is 21.2 Å². The molecule has 1 aromatic heterocycles. The van der Waals surface area contributed by atoms with Crippen molar-refractivity contribution >= 4 is 38.9 Å². The number of halogens is 1. The van der Waals surface area contributed by atoms with Crippen LogP contribution in [0.15, 0.2) is 41.4 Å². The average molecular weight is 353 g/mol. The van der Waals surface area contributed by atoms with Gasteiger partial charge in [-0.1, -0.05) is 15.9 Å². The molecule has 0 unspecified atom stereocenters. The lowest BCUT2D eigenvalue weighted by molar-refractivity contribution is 0.632. The Kier molecular flexibility index (Phi) is 5.55. The quantitative estimate of drug-likeness (QED) is 0.639. The number of anilines is 1. The number of imidazole rings is 1. The fraction of sp³-hybridized carbons (Fsp3) is 0.286. The Balaban J connectivity index is 1.71. The summed E-state index contributed by atoms with van der Waals surface area (Å²) in [4.78, 5) is 4.01. The molecule has 6 heteroatoms. The van der Waals surface area contributed by atoms with E-state index in [4.69, 9.17) is 12.2 Å². The molecule has 0 fully saturated rings. The van der Waals surface area contributed by atoms with E-state index in [1.807, 2.05) is 24.7 Å². The molecule has 4 nitrogen and oxygen atoms in total. The van der Waals surface area contributed by atoms with Crippen LogP contribution in [0.3, 0.4) is 0 Å². The van der Waals surface area contributed by atoms with E-state index in [0.29, 0.717) is 5.11 Å². The van der Waals surface area contributed by atoms with E-state index < -0.39 is 0 Å². The van der Waals surface area contributed by atoms with Gasteiger partial charge in [-0.15, -0.1) is 0 Å². The Morgan fingerprint density at radius 1 is 1.45 bits per heavy atom. The summed E-state index contributed by atoms with van der Waals surface area (Å²) < 4.78 is 3.15. The minimum absolute atomic E-state index is 0.650. The first kappa shape index (κ1) is 15.0. The zero-order chi connectivity index (χ0) is 14.4. The number of nitrogens with one attached hydrogen (secondary N) is 2. The van der Waals surface area contributed by atoms with Crippen LogP contribution < -0.4 is 10.6 Å². The second-order valence-electron chi connectivity index (χ2n) is 4.50. The van der Waals surface area contributed by atoms with Crippen molar-refractivity contribution in [3.05, 3.63) is 47.0 Å². The van der Waals surface area contributed by atoms with E-state index in [9.17, 15) is 0 Å². The van der Waals surface area contributed by atoms with Crippen molar-refractivity contribution in [2.24, 2.45) is 0 Å². The molecule has 106 valence electrons. The summed E-state index contributed by atoms with van der Waals surface area (Å²) in [5.41, 5.74) is 2.18. The first-order valence-electron chi connectivity index (χ1n) is 6.42. The minimum atomic E-state index is 0.650. The van der Waals surface area contributed by atoms with Crippen molar-refractivity contribution in [2.45, 2.75) is 19.9 Å². The highest BCUT2D eigenvalue weighted by molar-refractivity contribution is 9.10. The predicted octanol–water partition coefficient (Wildman–Crippen LogP) is 3.33. The second-order valence-corrected chi connectivity index (χ2v) is 5.76. The fourth-order valence-corrected chi connectivity index (χ4v) is 2.25. The molecule has 0 amide bonds. The van der Waals surface area contributed by atoms with Gasteiger partial charge in [-0.25, -0.2) is 4.98 Å². The lowest BCUT2D eigenvalue weighted by atomic mass is 10.2. The van der Waals surface area contributed by atoms with Crippen molar-refractivity contribution < 1.29 is 0 Å². The highest BCUT2D eigenvalue weighted by Crippen LogP contribution is 2.19. The lowest BCUT2D eigenvalue weighted by Crippen LogP contribution is -2.29. The van der Waals surface area contributed by atoms with Gasteiger partial charge in [0.25, 0.3) is 0 Å². The second kappa shape index (κ2) is 7.40. The van der Waals surface area contributed by atoms with Gasteiger partial charge in [0.1, 0.15) is 0 Å². The van der Waals surface area contributed by atoms with E-state index in [1.54, 1.807) is 6.20 Å². The average Bonchev–Trinajstić information content (AvgIpc) is 2.92. The van der Waals surface area contributed by atoms with Crippen LogP contribution >= 0.6 is 28.1 Å². The summed E-state index contributed by atoms with van der Waals surface area (Å²) in [5.74, 6) is 0. The number of hydrogen-bond acceptors (Lipinski definition) is 2. The highest BCUT2D eigenvalue weighted by atomic mass is 79.9. The first-order chi connectivity index (χ1) is 9.65. The molecule has 0 aliphatic rings. The first-order valence-corrected chi connectivity index (χ1v) is 7.62. The molecule has 1 heterocycles. The van der Waals surface area contributed by atoms with Crippen LogP contribution in [0.1, 0.15) is 12.0 Å². The minimum Gasteiger partial charge on any atom is -0.362 e. The number of rotatable bonds is 5. The van der Waals surface area contributed by atoms with E-state index in [0.717, 1.165) is 29.7 Å². The zero-order valence-corrected chi connectivity index (χ0v) is 13.7. The smallest absolute Gasteiger partial charge is 0.170 e. The van der Waals surface area contributed by atoms with Crippen molar-refractivity contribution in [3.8, 4) is 0 Å². The zero-order valence-electron chi connectivity index (χ0n) is 11.3. The monoisotopic (exact) mass is 352 g/mol. The van der Waals surface area contributed by atoms with Crippen molar-refractivity contribution in [2.75, 3.05) is 11.9 Å². The van der Waals surface area contributed by atoms with Crippen LogP contribution in [0.4, 0.5) is 5.69 Å². The lowest BCUT2D eigenvalue weighted by Gasteiger charge is -2.11. The molecule has 2 aromatic rings. The molecule has 1 aromatic carbocycles. The molecule has 0 saturated heterocycles. The summed E-state index contributed by atoms with van der Waals surface area (Å²) in [6.45, 7) is 3.82. The Morgan fingerprint density at radius 2 is 2.30 bits per heavy atom. The van der Waals surface area contributed by atoms with Gasteiger partial charge >= 0.3 is 0 Å². The Hall–Kier alpha value is -1.40. The Morgan fingerprint density at radius 3 is 3.00 bits per heavy atom. The maximum atomic E-state index is 5.27. The summed E-state index contributed by atoms with van der Waals surface area (Å²) in [5, 5.41) is 7.04. The SMILES string of the molecule is Cc1cc(NC(=S)NCCCn2ccnc2)ccc1Br. The summed E-state index contributed by atoms with van der Waals surface area (Å²) in [7, 11) is 0. The van der Waals surface area contributed by atoms with Gasteiger partial charge < -0.3 is 15.2 Å². The third-order valence-electron chi connectivity index (χ3n) is 2.85. The Bertz CT molecular complexity index is 569. The molecular formula is C14H17BrN4S. The molecular weight excluding hydrogens is 336 g/mol. The fourth-order valence-electron chi connectivity index (χ4n) is 1.78. The molecule has 0 spiro atoms. The largest absolute Gasteiger partial charge is 0.362 e. The normalized spacial score (nSPS) is 10.3. The third kappa shape index (κ3) is 4.61. The van der Waals surface area contributed by atoms with E-state index in [2.05, 4.69) is 49.1 Å². The van der Waals surface area contributed by atoms with Crippen LogP contribution in [0, 0.1) is 6.92 Å². The van der Waals surface area contributed by atoms with Gasteiger partial charge in [-0.3, -0.25) is 0 Å². The number of benzene rings is 1. The maximum Gasteiger partial charge on any atom is 0.170 e. The van der Waals surface area contributed by atoms with Crippen molar-refractivity contribution in [1.29, 1.82) is 0 Å². The van der Waals surface area contributed by atoms with Crippen LogP contribution in [0.2, 0.25) is 0 Å². The molecule has 0 saturated carbocycles. The van der Waals surface area contributed by atoms with Gasteiger partial charge in [-0.05, 0) is 49.3 Å². The Labute approximate surface area is 132 Å². The molecule has 0 aliphatic heterocycles. The van der Waals surface area contributed by atoms with Gasteiger partial charge in [0, 0.05) is 35.6 Å². The predicted molar refractivity (Wildman–Crippen MR) is 89.9 cm³/mol. The number of aryl methyl sites for hydroxylation is 2. The number of hydrogen-bond donors (Lipinski definition) is 2. The van der Waals surface area contributed by atoms with E-state index in [1.165, 1.54) is 5.56 Å². The van der Waals surface area contributed by atoms with Crippen LogP contribution in [0.25, 0.3) is 0 Å². The molecule has 20 heavy (non-hydrogen) atoms.